The van der Waals surface area contributed by atoms with Crippen LogP contribution < -0.4 is 5.32 Å². The van der Waals surface area contributed by atoms with Gasteiger partial charge in [0, 0.05) is 17.0 Å². The van der Waals surface area contributed by atoms with Crippen LogP contribution in [0, 0.1) is 13.8 Å². The van der Waals surface area contributed by atoms with Gasteiger partial charge in [-0.15, -0.1) is 10.2 Å². The van der Waals surface area contributed by atoms with E-state index in [4.69, 9.17) is 0 Å². The number of benzene rings is 3. The first-order valence-corrected chi connectivity index (χ1v) is 13.1. The Morgan fingerprint density at radius 2 is 1.69 bits per heavy atom. The average molecular weight is 485 g/mol. The molecular weight excluding hydrogens is 452 g/mol. The lowest BCUT2D eigenvalue weighted by atomic mass is 10.1. The van der Waals surface area contributed by atoms with E-state index >= 15 is 0 Å². The third-order valence-corrected chi connectivity index (χ3v) is 7.03. The molecule has 0 saturated heterocycles. The summed E-state index contributed by atoms with van der Waals surface area (Å²) in [7, 11) is 0. The lowest BCUT2D eigenvalue weighted by Gasteiger charge is -2.12. The van der Waals surface area contributed by atoms with Gasteiger partial charge in [-0.05, 0) is 67.6 Å². The second-order valence-electron chi connectivity index (χ2n) is 8.77. The number of nitrogens with one attached hydrogen (secondary N) is 1. The van der Waals surface area contributed by atoms with Crippen molar-refractivity contribution in [2.75, 3.05) is 0 Å². The number of hydrogen-bond donors (Lipinski definition) is 1. The Kier molecular flexibility index (Phi) is 8.37. The molecule has 0 fully saturated rings. The van der Waals surface area contributed by atoms with Crippen LogP contribution in [0.15, 0.2) is 78.0 Å². The third kappa shape index (κ3) is 6.40. The molecule has 0 aliphatic carbocycles. The smallest absolute Gasteiger partial charge is 0.251 e. The molecule has 3 aromatic carbocycles. The molecule has 0 aliphatic heterocycles. The maximum atomic E-state index is 12.8. The molecule has 0 atom stereocenters. The molecular formula is C29H32N4OS. The van der Waals surface area contributed by atoms with Crippen LogP contribution in [0.3, 0.4) is 0 Å². The number of aromatic nitrogens is 3. The fourth-order valence-corrected chi connectivity index (χ4v) is 4.89. The first kappa shape index (κ1) is 24.7. The van der Waals surface area contributed by atoms with Gasteiger partial charge in [0.25, 0.3) is 5.91 Å². The number of thioether (sulfide) groups is 1. The zero-order chi connectivity index (χ0) is 24.6. The Hall–Kier alpha value is -3.38. The van der Waals surface area contributed by atoms with Crippen molar-refractivity contribution in [1.29, 1.82) is 0 Å². The van der Waals surface area contributed by atoms with E-state index in [1.54, 1.807) is 11.8 Å². The molecule has 0 radical (unpaired) electrons. The fourth-order valence-electron chi connectivity index (χ4n) is 3.84. The van der Waals surface area contributed by atoms with Crippen LogP contribution in [0.1, 0.15) is 58.2 Å². The van der Waals surface area contributed by atoms with Gasteiger partial charge >= 0.3 is 0 Å². The van der Waals surface area contributed by atoms with E-state index < -0.39 is 0 Å². The predicted molar refractivity (Wildman–Crippen MR) is 143 cm³/mol. The van der Waals surface area contributed by atoms with Crippen molar-refractivity contribution in [3.63, 3.8) is 0 Å². The first-order chi connectivity index (χ1) is 17.0. The lowest BCUT2D eigenvalue weighted by molar-refractivity contribution is 0.0949. The number of hydrogen-bond acceptors (Lipinski definition) is 4. The highest BCUT2D eigenvalue weighted by Crippen LogP contribution is 2.26. The zero-order valence-electron chi connectivity index (χ0n) is 20.6. The molecule has 1 amide bonds. The van der Waals surface area contributed by atoms with E-state index in [0.29, 0.717) is 17.9 Å². The van der Waals surface area contributed by atoms with E-state index in [9.17, 15) is 4.79 Å². The van der Waals surface area contributed by atoms with Crippen LogP contribution >= 0.6 is 11.8 Å². The Balaban J connectivity index is 1.51. The van der Waals surface area contributed by atoms with Crippen LogP contribution in [0.4, 0.5) is 0 Å². The van der Waals surface area contributed by atoms with Crippen molar-refractivity contribution in [3.8, 4) is 5.69 Å². The number of rotatable bonds is 10. The normalized spacial score (nSPS) is 10.9. The van der Waals surface area contributed by atoms with E-state index in [1.807, 2.05) is 28.8 Å². The van der Waals surface area contributed by atoms with Gasteiger partial charge in [-0.25, -0.2) is 0 Å². The predicted octanol–water partition coefficient (Wildman–Crippen LogP) is 6.45. The molecule has 1 heterocycles. The van der Waals surface area contributed by atoms with E-state index in [0.717, 1.165) is 35.9 Å². The molecule has 4 aromatic rings. The molecule has 4 rings (SSSR count). The second kappa shape index (κ2) is 11.8. The molecule has 5 nitrogen and oxygen atoms in total. The van der Waals surface area contributed by atoms with Crippen molar-refractivity contribution in [1.82, 2.24) is 20.1 Å². The largest absolute Gasteiger partial charge is 0.345 e. The zero-order valence-corrected chi connectivity index (χ0v) is 21.4. The monoisotopic (exact) mass is 484 g/mol. The van der Waals surface area contributed by atoms with Crippen molar-refractivity contribution >= 4 is 17.7 Å². The molecule has 35 heavy (non-hydrogen) atoms. The summed E-state index contributed by atoms with van der Waals surface area (Å²) < 4.78 is 2.04. The van der Waals surface area contributed by atoms with Gasteiger partial charge < -0.3 is 5.32 Å². The van der Waals surface area contributed by atoms with Crippen LogP contribution in [0.2, 0.25) is 0 Å². The highest BCUT2D eigenvalue weighted by Gasteiger charge is 2.16. The topological polar surface area (TPSA) is 59.8 Å². The van der Waals surface area contributed by atoms with Crippen LogP contribution in [-0.2, 0) is 18.7 Å². The summed E-state index contributed by atoms with van der Waals surface area (Å²) in [4.78, 5) is 12.8. The quantitative estimate of drug-likeness (QED) is 0.263. The van der Waals surface area contributed by atoms with Gasteiger partial charge in [0.2, 0.25) is 0 Å². The van der Waals surface area contributed by atoms with Gasteiger partial charge in [-0.3, -0.25) is 9.36 Å². The molecule has 0 bridgehead atoms. The number of carbonyl (C=O) groups excluding carboxylic acids is 1. The Morgan fingerprint density at radius 3 is 2.40 bits per heavy atom. The molecule has 180 valence electrons. The summed E-state index contributed by atoms with van der Waals surface area (Å²) in [5.41, 5.74) is 6.62. The average Bonchev–Trinajstić information content (AvgIpc) is 3.29. The summed E-state index contributed by atoms with van der Waals surface area (Å²) >= 11 is 1.65. The molecule has 0 spiro atoms. The van der Waals surface area contributed by atoms with Crippen molar-refractivity contribution < 1.29 is 4.79 Å². The molecule has 6 heteroatoms. The second-order valence-corrected chi connectivity index (χ2v) is 9.71. The summed E-state index contributed by atoms with van der Waals surface area (Å²) in [6, 6.07) is 24.5. The van der Waals surface area contributed by atoms with Crippen LogP contribution in [0.5, 0.6) is 0 Å². The van der Waals surface area contributed by atoms with Gasteiger partial charge in [-0.2, -0.15) is 0 Å². The minimum Gasteiger partial charge on any atom is -0.345 e. The molecule has 0 saturated carbocycles. The van der Waals surface area contributed by atoms with E-state index in [-0.39, 0.29) is 5.91 Å². The summed E-state index contributed by atoms with van der Waals surface area (Å²) in [5.74, 6) is 1.39. The summed E-state index contributed by atoms with van der Waals surface area (Å²) in [5, 5.41) is 12.7. The van der Waals surface area contributed by atoms with E-state index in [2.05, 4.69) is 84.8 Å². The van der Waals surface area contributed by atoms with Crippen molar-refractivity contribution in [3.05, 3.63) is 106 Å². The molecule has 0 aliphatic rings. The van der Waals surface area contributed by atoms with Gasteiger partial charge in [0.15, 0.2) is 11.0 Å². The van der Waals surface area contributed by atoms with E-state index in [1.165, 1.54) is 22.3 Å². The molecule has 1 aromatic heterocycles. The molecule has 0 unspecified atom stereocenters. The van der Waals surface area contributed by atoms with Crippen molar-refractivity contribution in [2.24, 2.45) is 0 Å². The summed E-state index contributed by atoms with van der Waals surface area (Å²) in [6.07, 6.45) is 3.36. The summed E-state index contributed by atoms with van der Waals surface area (Å²) in [6.45, 7) is 6.67. The third-order valence-electron chi connectivity index (χ3n) is 6.05. The van der Waals surface area contributed by atoms with Crippen molar-refractivity contribution in [2.45, 2.75) is 57.5 Å². The maximum absolute atomic E-state index is 12.8. The van der Waals surface area contributed by atoms with Gasteiger partial charge in [0.1, 0.15) is 0 Å². The Labute approximate surface area is 212 Å². The standard InChI is InChI=1S/C29H32N4OS/c1-4-5-9-23-13-15-24(16-14-23)28(34)30-19-27-31-32-29(33(27)26-17-11-21(2)12-18-26)35-20-25-10-7-6-8-22(25)3/h6-8,10-18H,4-5,9,19-20H2,1-3H3,(H,30,34). The highest BCUT2D eigenvalue weighted by molar-refractivity contribution is 7.98. The maximum Gasteiger partial charge on any atom is 0.251 e. The Bertz CT molecular complexity index is 1260. The van der Waals surface area contributed by atoms with Crippen LogP contribution in [0.25, 0.3) is 5.69 Å². The number of aryl methyl sites for hydroxylation is 3. The first-order valence-electron chi connectivity index (χ1n) is 12.1. The lowest BCUT2D eigenvalue weighted by Crippen LogP contribution is -2.24. The van der Waals surface area contributed by atoms with Crippen LogP contribution in [-0.4, -0.2) is 20.7 Å². The molecule has 1 N–H and O–H groups in total. The number of carbonyl (C=O) groups is 1. The van der Waals surface area contributed by atoms with Gasteiger partial charge in [-0.1, -0.05) is 79.2 Å². The SMILES string of the molecule is CCCCc1ccc(C(=O)NCc2nnc(SCc3ccccc3C)n2-c2ccc(C)cc2)cc1. The minimum absolute atomic E-state index is 0.111. The number of amides is 1. The number of nitrogens with zero attached hydrogens (tertiary/aromatic N) is 3. The fraction of sp³-hybridized carbons (Fsp3) is 0.276. The van der Waals surface area contributed by atoms with Gasteiger partial charge in [0.05, 0.1) is 6.54 Å². The number of unbranched alkanes of at least 4 members (excludes halogenated alkanes) is 1. The minimum atomic E-state index is -0.111. The highest BCUT2D eigenvalue weighted by atomic mass is 32.2. The Morgan fingerprint density at radius 1 is 0.943 bits per heavy atom.